The van der Waals surface area contributed by atoms with Gasteiger partial charge in [0.15, 0.2) is 0 Å². The summed E-state index contributed by atoms with van der Waals surface area (Å²) < 4.78 is 0. The Labute approximate surface area is 98.8 Å². The Morgan fingerprint density at radius 3 is 2.82 bits per heavy atom. The van der Waals surface area contributed by atoms with Crippen LogP contribution in [0, 0.1) is 0 Å². The molecule has 6 heteroatoms. The van der Waals surface area contributed by atoms with Gasteiger partial charge in [0.05, 0.1) is 0 Å². The van der Waals surface area contributed by atoms with Crippen LogP contribution in [0.3, 0.4) is 0 Å². The van der Waals surface area contributed by atoms with Gasteiger partial charge in [-0.3, -0.25) is 0 Å². The average molecular weight is 234 g/mol. The molecule has 1 atom stereocenters. The van der Waals surface area contributed by atoms with E-state index in [1.807, 2.05) is 36.2 Å². The van der Waals surface area contributed by atoms with Gasteiger partial charge in [0.25, 0.3) is 0 Å². The van der Waals surface area contributed by atoms with Gasteiger partial charge in [-0.25, -0.2) is 4.79 Å². The molecule has 1 aliphatic rings. The standard InChI is InChI=1S/C11H14N4O2/c1-15-8-5-3-2-4-7(8)6-9(15)10(16)17-14-11(12)13/h2-5,9H,6H2,1H3,(H4,12,13,14)/t9-/m0/s1. The molecule has 0 unspecified atom stereocenters. The number of oxime groups is 1. The predicted octanol–water partition coefficient (Wildman–Crippen LogP) is -0.221. The van der Waals surface area contributed by atoms with E-state index in [2.05, 4.69) is 9.99 Å². The Kier molecular flexibility index (Phi) is 2.86. The average Bonchev–Trinajstić information content (AvgIpc) is 2.64. The molecule has 0 saturated carbocycles. The van der Waals surface area contributed by atoms with Gasteiger partial charge in [-0.05, 0) is 16.8 Å². The fraction of sp³-hybridized carbons (Fsp3) is 0.273. The maximum absolute atomic E-state index is 11.7. The summed E-state index contributed by atoms with van der Waals surface area (Å²) in [6, 6.07) is 7.44. The first-order valence-electron chi connectivity index (χ1n) is 5.20. The maximum atomic E-state index is 11.7. The van der Waals surface area contributed by atoms with E-state index in [4.69, 9.17) is 11.5 Å². The molecule has 0 bridgehead atoms. The van der Waals surface area contributed by atoms with E-state index in [1.54, 1.807) is 0 Å². The molecule has 1 heterocycles. The van der Waals surface area contributed by atoms with Gasteiger partial charge in [0.2, 0.25) is 5.96 Å². The quantitative estimate of drug-likeness (QED) is 0.319. The first-order valence-corrected chi connectivity index (χ1v) is 5.20. The number of anilines is 1. The molecule has 0 aliphatic carbocycles. The van der Waals surface area contributed by atoms with Crippen molar-refractivity contribution in [3.8, 4) is 0 Å². The first-order chi connectivity index (χ1) is 8.09. The Morgan fingerprint density at radius 2 is 2.18 bits per heavy atom. The van der Waals surface area contributed by atoms with Crippen LogP contribution in [0.2, 0.25) is 0 Å². The van der Waals surface area contributed by atoms with Gasteiger partial charge in [0, 0.05) is 19.2 Å². The molecule has 17 heavy (non-hydrogen) atoms. The fourth-order valence-corrected chi connectivity index (χ4v) is 1.94. The first kappa shape index (κ1) is 11.3. The highest BCUT2D eigenvalue weighted by atomic mass is 16.7. The van der Waals surface area contributed by atoms with Crippen LogP contribution in [0.5, 0.6) is 0 Å². The minimum atomic E-state index is -0.461. The van der Waals surface area contributed by atoms with Crippen molar-refractivity contribution in [2.24, 2.45) is 16.6 Å². The largest absolute Gasteiger partial charge is 0.367 e. The summed E-state index contributed by atoms with van der Waals surface area (Å²) in [6.45, 7) is 0. The molecule has 0 saturated heterocycles. The smallest absolute Gasteiger partial charge is 0.357 e. The van der Waals surface area contributed by atoms with Crippen molar-refractivity contribution in [1.29, 1.82) is 0 Å². The summed E-state index contributed by atoms with van der Waals surface area (Å²) >= 11 is 0. The molecule has 1 aromatic carbocycles. The second-order valence-electron chi connectivity index (χ2n) is 3.89. The van der Waals surface area contributed by atoms with E-state index >= 15 is 0 Å². The van der Waals surface area contributed by atoms with Crippen molar-refractivity contribution in [2.45, 2.75) is 12.5 Å². The summed E-state index contributed by atoms with van der Waals surface area (Å²) in [6.07, 6.45) is 0.603. The van der Waals surface area contributed by atoms with Crippen LogP contribution in [-0.2, 0) is 16.1 Å². The molecule has 4 N–H and O–H groups in total. The van der Waals surface area contributed by atoms with Crippen molar-refractivity contribution < 1.29 is 9.63 Å². The van der Waals surface area contributed by atoms with E-state index in [-0.39, 0.29) is 12.0 Å². The third kappa shape index (κ3) is 2.15. The lowest BCUT2D eigenvalue weighted by Crippen LogP contribution is -2.37. The Hall–Kier alpha value is -2.24. The summed E-state index contributed by atoms with van der Waals surface area (Å²) in [5.74, 6) is -0.728. The van der Waals surface area contributed by atoms with E-state index in [9.17, 15) is 4.79 Å². The Balaban J connectivity index is 2.12. The molecule has 1 aromatic rings. The maximum Gasteiger partial charge on any atom is 0.357 e. The number of carbonyl (C=O) groups is 1. The minimum Gasteiger partial charge on any atom is -0.367 e. The fourth-order valence-electron chi connectivity index (χ4n) is 1.94. The number of rotatable bonds is 2. The van der Waals surface area contributed by atoms with Gasteiger partial charge in [-0.2, -0.15) is 0 Å². The summed E-state index contributed by atoms with van der Waals surface area (Å²) in [7, 11) is 1.84. The summed E-state index contributed by atoms with van der Waals surface area (Å²) in [5.41, 5.74) is 12.3. The second-order valence-corrected chi connectivity index (χ2v) is 3.89. The van der Waals surface area contributed by atoms with Gasteiger partial charge < -0.3 is 21.2 Å². The zero-order valence-electron chi connectivity index (χ0n) is 9.46. The lowest BCUT2D eigenvalue weighted by Gasteiger charge is -2.19. The van der Waals surface area contributed by atoms with Crippen LogP contribution in [-0.4, -0.2) is 25.0 Å². The topological polar surface area (TPSA) is 93.9 Å². The minimum absolute atomic E-state index is 0.267. The van der Waals surface area contributed by atoms with E-state index in [1.165, 1.54) is 0 Å². The summed E-state index contributed by atoms with van der Waals surface area (Å²) in [5, 5.41) is 3.26. The van der Waals surface area contributed by atoms with E-state index < -0.39 is 5.97 Å². The van der Waals surface area contributed by atoms with Gasteiger partial charge in [-0.15, -0.1) is 0 Å². The SMILES string of the molecule is CN1c2ccccc2C[C@H]1C(=O)ON=C(N)N. The third-order valence-corrected chi connectivity index (χ3v) is 2.77. The number of likely N-dealkylation sites (N-methyl/N-ethyl adjacent to an activating group) is 1. The van der Waals surface area contributed by atoms with Gasteiger partial charge >= 0.3 is 5.97 Å². The van der Waals surface area contributed by atoms with Crippen LogP contribution in [0.1, 0.15) is 5.56 Å². The molecule has 90 valence electrons. The zero-order chi connectivity index (χ0) is 12.4. The van der Waals surface area contributed by atoms with Crippen LogP contribution in [0.15, 0.2) is 29.4 Å². The molecule has 0 fully saturated rings. The third-order valence-electron chi connectivity index (χ3n) is 2.77. The van der Waals surface area contributed by atoms with E-state index in [0.29, 0.717) is 6.42 Å². The van der Waals surface area contributed by atoms with Crippen molar-refractivity contribution in [3.63, 3.8) is 0 Å². The molecule has 0 aromatic heterocycles. The van der Waals surface area contributed by atoms with Gasteiger partial charge in [-0.1, -0.05) is 18.2 Å². The number of guanidine groups is 1. The molecule has 1 aliphatic heterocycles. The number of nitrogens with two attached hydrogens (primary N) is 2. The van der Waals surface area contributed by atoms with Crippen molar-refractivity contribution in [1.82, 2.24) is 0 Å². The number of benzene rings is 1. The monoisotopic (exact) mass is 234 g/mol. The van der Waals surface area contributed by atoms with Crippen LogP contribution in [0.4, 0.5) is 5.69 Å². The van der Waals surface area contributed by atoms with Crippen LogP contribution < -0.4 is 16.4 Å². The van der Waals surface area contributed by atoms with Crippen LogP contribution in [0.25, 0.3) is 0 Å². The molecule has 0 radical (unpaired) electrons. The normalized spacial score (nSPS) is 17.5. The Morgan fingerprint density at radius 1 is 1.47 bits per heavy atom. The highest BCUT2D eigenvalue weighted by Gasteiger charge is 2.33. The van der Waals surface area contributed by atoms with Gasteiger partial charge in [0.1, 0.15) is 6.04 Å². The number of hydrogen-bond acceptors (Lipinski definition) is 4. The molecule has 6 nitrogen and oxygen atoms in total. The number of nitrogens with zero attached hydrogens (tertiary/aromatic N) is 2. The lowest BCUT2D eigenvalue weighted by atomic mass is 10.1. The molecule has 2 rings (SSSR count). The lowest BCUT2D eigenvalue weighted by molar-refractivity contribution is -0.145. The number of carbonyl (C=O) groups excluding carboxylic acids is 1. The zero-order valence-corrected chi connectivity index (χ0v) is 9.46. The van der Waals surface area contributed by atoms with Crippen molar-refractivity contribution >= 4 is 17.6 Å². The second kappa shape index (κ2) is 4.32. The van der Waals surface area contributed by atoms with Crippen molar-refractivity contribution in [3.05, 3.63) is 29.8 Å². The van der Waals surface area contributed by atoms with Crippen LogP contribution >= 0.6 is 0 Å². The summed E-state index contributed by atoms with van der Waals surface area (Å²) in [4.78, 5) is 18.3. The van der Waals surface area contributed by atoms with Crippen molar-refractivity contribution in [2.75, 3.05) is 11.9 Å². The number of hydrogen-bond donors (Lipinski definition) is 2. The highest BCUT2D eigenvalue weighted by molar-refractivity contribution is 5.84. The molecule has 0 spiro atoms. The Bertz CT molecular complexity index is 468. The molecular formula is C11H14N4O2. The highest BCUT2D eigenvalue weighted by Crippen LogP contribution is 2.30. The molecule has 0 amide bonds. The predicted molar refractivity (Wildman–Crippen MR) is 64.2 cm³/mol. The number of para-hydroxylation sites is 1. The number of fused-ring (bicyclic) bond motifs is 1. The van der Waals surface area contributed by atoms with E-state index in [0.717, 1.165) is 11.3 Å². The molecular weight excluding hydrogens is 220 g/mol.